The number of aliphatic hydroxyl groups excluding tert-OH is 1. The van der Waals surface area contributed by atoms with Gasteiger partial charge in [0.25, 0.3) is 5.92 Å². The van der Waals surface area contributed by atoms with Crippen molar-refractivity contribution in [2.75, 3.05) is 0 Å². The maximum absolute atomic E-state index is 13.2. The molecule has 1 unspecified atom stereocenters. The number of nitrogens with two attached hydrogens (primary N) is 1. The third kappa shape index (κ3) is 2.08. The van der Waals surface area contributed by atoms with Crippen LogP contribution in [0.3, 0.4) is 0 Å². The quantitative estimate of drug-likeness (QED) is 0.780. The Morgan fingerprint density at radius 2 is 1.86 bits per heavy atom. The number of hydrogen-bond acceptors (Lipinski definition) is 2. The lowest BCUT2D eigenvalue weighted by Gasteiger charge is -2.19. The zero-order chi connectivity index (χ0) is 10.8. The van der Waals surface area contributed by atoms with Gasteiger partial charge in [0, 0.05) is 12.1 Å². The van der Waals surface area contributed by atoms with Crippen LogP contribution in [0.4, 0.5) is 8.78 Å². The molecule has 1 aromatic rings. The highest BCUT2D eigenvalue weighted by Gasteiger charge is 2.37. The summed E-state index contributed by atoms with van der Waals surface area (Å²) in [6.45, 7) is 1.39. The van der Waals surface area contributed by atoms with Crippen molar-refractivity contribution in [2.45, 2.75) is 25.5 Å². The molecule has 4 heteroatoms. The second kappa shape index (κ2) is 4.02. The van der Waals surface area contributed by atoms with Gasteiger partial charge in [0.05, 0.1) is 0 Å². The Hall–Kier alpha value is -1.00. The number of benzene rings is 1. The number of alkyl halides is 2. The minimum Gasteiger partial charge on any atom is -0.387 e. The van der Waals surface area contributed by atoms with E-state index in [0.717, 1.165) is 12.5 Å². The Kier molecular flexibility index (Phi) is 3.18. The van der Waals surface area contributed by atoms with Gasteiger partial charge < -0.3 is 10.8 Å². The third-order valence-electron chi connectivity index (χ3n) is 2.10. The summed E-state index contributed by atoms with van der Waals surface area (Å²) in [6.07, 6.45) is -1.69. The molecule has 0 spiro atoms. The Morgan fingerprint density at radius 3 is 2.21 bits per heavy atom. The van der Waals surface area contributed by atoms with Crippen LogP contribution in [0, 0.1) is 0 Å². The summed E-state index contributed by atoms with van der Waals surface area (Å²) in [7, 11) is 0. The van der Waals surface area contributed by atoms with Gasteiger partial charge in [0.1, 0.15) is 6.10 Å². The molecule has 0 saturated heterocycles. The fourth-order valence-electron chi connectivity index (χ4n) is 1.10. The first-order valence-corrected chi connectivity index (χ1v) is 4.34. The molecule has 0 aliphatic carbocycles. The summed E-state index contributed by atoms with van der Waals surface area (Å²) in [6, 6.07) is 5.64. The maximum atomic E-state index is 13.2. The summed E-state index contributed by atoms with van der Waals surface area (Å²) >= 11 is 0. The summed E-state index contributed by atoms with van der Waals surface area (Å²) in [5.41, 5.74) is 5.93. The van der Waals surface area contributed by atoms with Gasteiger partial charge in [-0.05, 0) is 12.5 Å². The lowest BCUT2D eigenvalue weighted by Crippen LogP contribution is -2.27. The van der Waals surface area contributed by atoms with E-state index in [2.05, 4.69) is 0 Å². The lowest BCUT2D eigenvalue weighted by atomic mass is 10.0. The van der Waals surface area contributed by atoms with E-state index in [4.69, 9.17) is 10.8 Å². The summed E-state index contributed by atoms with van der Waals surface area (Å²) in [5, 5.41) is 8.89. The maximum Gasteiger partial charge on any atom is 0.298 e. The fourth-order valence-corrected chi connectivity index (χ4v) is 1.10. The summed E-state index contributed by atoms with van der Waals surface area (Å²) in [5.74, 6) is -3.20. The number of aliphatic hydroxyl groups is 1. The van der Waals surface area contributed by atoms with Crippen molar-refractivity contribution in [1.29, 1.82) is 0 Å². The van der Waals surface area contributed by atoms with Gasteiger partial charge in [-0.1, -0.05) is 24.3 Å². The third-order valence-corrected chi connectivity index (χ3v) is 2.10. The molecule has 1 rings (SSSR count). The van der Waals surface area contributed by atoms with E-state index in [1.54, 1.807) is 0 Å². The zero-order valence-corrected chi connectivity index (χ0v) is 7.87. The Morgan fingerprint density at radius 1 is 1.36 bits per heavy atom. The zero-order valence-electron chi connectivity index (χ0n) is 7.87. The molecule has 0 aromatic heterocycles. The first-order chi connectivity index (χ1) is 6.48. The van der Waals surface area contributed by atoms with Crippen LogP contribution in [0.15, 0.2) is 24.3 Å². The Balaban J connectivity index is 2.97. The van der Waals surface area contributed by atoms with Crippen LogP contribution in [0.5, 0.6) is 0 Å². The van der Waals surface area contributed by atoms with Gasteiger partial charge >= 0.3 is 0 Å². The van der Waals surface area contributed by atoms with Gasteiger partial charge in [-0.3, -0.25) is 0 Å². The van der Waals surface area contributed by atoms with Crippen LogP contribution in [0.1, 0.15) is 18.1 Å². The molecule has 0 aliphatic heterocycles. The fraction of sp³-hybridized carbons (Fsp3) is 0.400. The molecule has 1 aromatic carbocycles. The van der Waals surface area contributed by atoms with Crippen molar-refractivity contribution in [1.82, 2.24) is 0 Å². The largest absolute Gasteiger partial charge is 0.387 e. The van der Waals surface area contributed by atoms with E-state index >= 15 is 0 Å². The normalized spacial score (nSPS) is 14.1. The van der Waals surface area contributed by atoms with E-state index in [1.807, 2.05) is 0 Å². The monoisotopic (exact) mass is 201 g/mol. The van der Waals surface area contributed by atoms with E-state index < -0.39 is 12.0 Å². The average molecular weight is 201 g/mol. The summed E-state index contributed by atoms with van der Waals surface area (Å²) < 4.78 is 26.5. The van der Waals surface area contributed by atoms with Crippen molar-refractivity contribution in [3.63, 3.8) is 0 Å². The lowest BCUT2D eigenvalue weighted by molar-refractivity contribution is -0.106. The predicted molar refractivity (Wildman–Crippen MR) is 49.9 cm³/mol. The van der Waals surface area contributed by atoms with E-state index in [9.17, 15) is 8.78 Å². The highest BCUT2D eigenvalue weighted by molar-refractivity contribution is 5.26. The van der Waals surface area contributed by atoms with E-state index in [0.29, 0.717) is 6.54 Å². The van der Waals surface area contributed by atoms with Crippen LogP contribution in [0.25, 0.3) is 0 Å². The van der Waals surface area contributed by atoms with Crippen LogP contribution in [-0.4, -0.2) is 11.2 Å². The van der Waals surface area contributed by atoms with Crippen LogP contribution in [0.2, 0.25) is 0 Å². The minimum absolute atomic E-state index is 0.190. The Labute approximate surface area is 81.4 Å². The number of hydrogen-bond donors (Lipinski definition) is 2. The first-order valence-electron chi connectivity index (χ1n) is 4.34. The molecule has 0 aliphatic rings. The Bertz CT molecular complexity index is 295. The van der Waals surface area contributed by atoms with E-state index in [-0.39, 0.29) is 5.56 Å². The molecule has 0 saturated carbocycles. The average Bonchev–Trinajstić information content (AvgIpc) is 2.17. The van der Waals surface area contributed by atoms with E-state index in [1.165, 1.54) is 24.3 Å². The molecular weight excluding hydrogens is 188 g/mol. The molecule has 14 heavy (non-hydrogen) atoms. The van der Waals surface area contributed by atoms with Crippen molar-refractivity contribution >= 4 is 0 Å². The molecule has 0 radical (unpaired) electrons. The highest BCUT2D eigenvalue weighted by Crippen LogP contribution is 2.31. The molecule has 2 nitrogen and oxygen atoms in total. The number of rotatable bonds is 3. The van der Waals surface area contributed by atoms with Gasteiger partial charge in [-0.25, -0.2) is 0 Å². The van der Waals surface area contributed by atoms with Crippen molar-refractivity contribution in [3.8, 4) is 0 Å². The second-order valence-corrected chi connectivity index (χ2v) is 3.20. The van der Waals surface area contributed by atoms with Crippen LogP contribution in [-0.2, 0) is 12.5 Å². The molecule has 0 bridgehead atoms. The topological polar surface area (TPSA) is 46.2 Å². The van der Waals surface area contributed by atoms with Crippen LogP contribution < -0.4 is 5.73 Å². The standard InChI is InChI=1S/C10H13F2NO/c1-7(14)10(11,12)9-4-2-8(6-13)3-5-9/h2-5,7,14H,6,13H2,1H3. The van der Waals surface area contributed by atoms with Crippen molar-refractivity contribution < 1.29 is 13.9 Å². The smallest absolute Gasteiger partial charge is 0.298 e. The SMILES string of the molecule is CC(O)C(F)(F)c1ccc(CN)cc1. The predicted octanol–water partition coefficient (Wildman–Crippen LogP) is 1.62. The minimum atomic E-state index is -3.20. The first kappa shape index (κ1) is 11.1. The number of halogens is 2. The van der Waals surface area contributed by atoms with Crippen molar-refractivity contribution in [2.24, 2.45) is 5.73 Å². The highest BCUT2D eigenvalue weighted by atomic mass is 19.3. The molecular formula is C10H13F2NO. The van der Waals surface area contributed by atoms with Gasteiger partial charge in [-0.2, -0.15) is 8.78 Å². The molecule has 3 N–H and O–H groups in total. The molecule has 0 fully saturated rings. The second-order valence-electron chi connectivity index (χ2n) is 3.20. The molecule has 1 atom stereocenters. The van der Waals surface area contributed by atoms with Crippen molar-refractivity contribution in [3.05, 3.63) is 35.4 Å². The summed E-state index contributed by atoms with van der Waals surface area (Å²) in [4.78, 5) is 0. The van der Waals surface area contributed by atoms with Gasteiger partial charge in [0.15, 0.2) is 0 Å². The molecule has 0 heterocycles. The van der Waals surface area contributed by atoms with Gasteiger partial charge in [0.2, 0.25) is 0 Å². The molecule has 78 valence electrons. The molecule has 0 amide bonds. The van der Waals surface area contributed by atoms with Crippen LogP contribution >= 0.6 is 0 Å². The van der Waals surface area contributed by atoms with Gasteiger partial charge in [-0.15, -0.1) is 0 Å².